The Morgan fingerprint density at radius 1 is 1.50 bits per heavy atom. The number of benzene rings is 1. The molecular formula is C10H11FINO. The number of halogens is 2. The monoisotopic (exact) mass is 307 g/mol. The summed E-state index contributed by atoms with van der Waals surface area (Å²) in [6.07, 6.45) is 2.04. The molecule has 0 bridgehead atoms. The number of rotatable bonds is 3. The third kappa shape index (κ3) is 2.36. The molecule has 2 rings (SSSR count). The molecule has 4 heteroatoms. The molecule has 76 valence electrons. The fourth-order valence-electron chi connectivity index (χ4n) is 1.12. The van der Waals surface area contributed by atoms with Gasteiger partial charge < -0.3 is 10.5 Å². The van der Waals surface area contributed by atoms with Crippen LogP contribution >= 0.6 is 22.6 Å². The Bertz CT molecular complexity index is 352. The molecule has 0 aliphatic heterocycles. The molecule has 0 atom stereocenters. The van der Waals surface area contributed by atoms with Crippen molar-refractivity contribution in [3.63, 3.8) is 0 Å². The second-order valence-electron chi connectivity index (χ2n) is 3.73. The summed E-state index contributed by atoms with van der Waals surface area (Å²) in [5.74, 6) is 0.472. The maximum absolute atomic E-state index is 12.7. The highest BCUT2D eigenvalue weighted by Gasteiger charge is 2.39. The normalized spacial score (nSPS) is 17.9. The fraction of sp³-hybridized carbons (Fsp3) is 0.400. The molecule has 2 N–H and O–H groups in total. The van der Waals surface area contributed by atoms with Gasteiger partial charge in [-0.15, -0.1) is 0 Å². The summed E-state index contributed by atoms with van der Waals surface area (Å²) in [5.41, 5.74) is 5.75. The lowest BCUT2D eigenvalue weighted by atomic mass is 10.3. The number of hydrogen-bond donors (Lipinski definition) is 1. The van der Waals surface area contributed by atoms with Crippen LogP contribution in [0.15, 0.2) is 18.2 Å². The van der Waals surface area contributed by atoms with E-state index in [4.69, 9.17) is 10.5 Å². The van der Waals surface area contributed by atoms with Crippen molar-refractivity contribution >= 4 is 22.6 Å². The average molecular weight is 307 g/mol. The highest BCUT2D eigenvalue weighted by molar-refractivity contribution is 14.1. The summed E-state index contributed by atoms with van der Waals surface area (Å²) >= 11 is 2.05. The molecule has 0 heterocycles. The Balaban J connectivity index is 2.02. The summed E-state index contributed by atoms with van der Waals surface area (Å²) in [6, 6.07) is 4.49. The lowest BCUT2D eigenvalue weighted by Gasteiger charge is -2.12. The molecular weight excluding hydrogens is 296 g/mol. The smallest absolute Gasteiger partial charge is 0.132 e. The van der Waals surface area contributed by atoms with Crippen molar-refractivity contribution in [3.05, 3.63) is 27.6 Å². The molecule has 0 saturated heterocycles. The van der Waals surface area contributed by atoms with E-state index < -0.39 is 0 Å². The average Bonchev–Trinajstić information content (AvgIpc) is 2.83. The first-order chi connectivity index (χ1) is 6.59. The molecule has 1 aromatic carbocycles. The largest absolute Gasteiger partial charge is 0.491 e. The van der Waals surface area contributed by atoms with Gasteiger partial charge in [-0.1, -0.05) is 0 Å². The zero-order chi connectivity index (χ0) is 10.2. The van der Waals surface area contributed by atoms with Gasteiger partial charge in [-0.3, -0.25) is 0 Å². The van der Waals surface area contributed by atoms with Crippen molar-refractivity contribution in [3.8, 4) is 5.75 Å². The van der Waals surface area contributed by atoms with Crippen LogP contribution in [0.25, 0.3) is 0 Å². The Kier molecular flexibility index (Phi) is 2.66. The van der Waals surface area contributed by atoms with Gasteiger partial charge in [-0.05, 0) is 53.6 Å². The van der Waals surface area contributed by atoms with Crippen LogP contribution in [0.3, 0.4) is 0 Å². The van der Waals surface area contributed by atoms with E-state index in [1.165, 1.54) is 12.1 Å². The number of hydrogen-bond acceptors (Lipinski definition) is 2. The SMILES string of the molecule is NC1(COc2ccc(F)cc2I)CC1. The van der Waals surface area contributed by atoms with E-state index in [1.807, 2.05) is 0 Å². The van der Waals surface area contributed by atoms with Crippen molar-refractivity contribution < 1.29 is 9.13 Å². The van der Waals surface area contributed by atoms with E-state index in [0.29, 0.717) is 12.4 Å². The minimum absolute atomic E-state index is 0.128. The van der Waals surface area contributed by atoms with Gasteiger partial charge in [0.05, 0.1) is 9.11 Å². The predicted octanol–water partition coefficient (Wildman–Crippen LogP) is 2.30. The highest BCUT2D eigenvalue weighted by Crippen LogP contribution is 2.33. The van der Waals surface area contributed by atoms with Crippen LogP contribution in [-0.2, 0) is 0 Å². The lowest BCUT2D eigenvalue weighted by Crippen LogP contribution is -2.29. The predicted molar refractivity (Wildman–Crippen MR) is 60.8 cm³/mol. The zero-order valence-electron chi connectivity index (χ0n) is 7.59. The van der Waals surface area contributed by atoms with E-state index in [9.17, 15) is 4.39 Å². The zero-order valence-corrected chi connectivity index (χ0v) is 9.75. The molecule has 1 saturated carbocycles. The molecule has 1 fully saturated rings. The van der Waals surface area contributed by atoms with Gasteiger partial charge in [0.1, 0.15) is 18.2 Å². The van der Waals surface area contributed by atoms with Gasteiger partial charge in [0.25, 0.3) is 0 Å². The fourth-order valence-corrected chi connectivity index (χ4v) is 1.75. The van der Waals surface area contributed by atoms with Crippen LogP contribution in [0.2, 0.25) is 0 Å². The molecule has 0 aromatic heterocycles. The molecule has 0 unspecified atom stereocenters. The van der Waals surface area contributed by atoms with E-state index in [1.54, 1.807) is 6.07 Å². The van der Waals surface area contributed by atoms with Crippen molar-refractivity contribution in [2.24, 2.45) is 5.73 Å². The summed E-state index contributed by atoms with van der Waals surface area (Å²) in [5, 5.41) is 0. The summed E-state index contributed by atoms with van der Waals surface area (Å²) in [4.78, 5) is 0. The van der Waals surface area contributed by atoms with Gasteiger partial charge in [0, 0.05) is 0 Å². The summed E-state index contributed by atoms with van der Waals surface area (Å²) < 4.78 is 19.1. The Morgan fingerprint density at radius 3 is 2.79 bits per heavy atom. The minimum atomic E-state index is -0.240. The van der Waals surface area contributed by atoms with Crippen LogP contribution in [-0.4, -0.2) is 12.1 Å². The first-order valence-corrected chi connectivity index (χ1v) is 5.54. The van der Waals surface area contributed by atoms with Crippen LogP contribution in [0, 0.1) is 9.39 Å². The third-order valence-electron chi connectivity index (χ3n) is 2.30. The lowest BCUT2D eigenvalue weighted by molar-refractivity contribution is 0.277. The first-order valence-electron chi connectivity index (χ1n) is 4.46. The van der Waals surface area contributed by atoms with Gasteiger partial charge in [0.15, 0.2) is 0 Å². The Hall–Kier alpha value is -0.360. The number of nitrogens with two attached hydrogens (primary N) is 1. The molecule has 2 nitrogen and oxygen atoms in total. The standard InChI is InChI=1S/C10H11FINO/c11-7-1-2-9(8(12)5-7)14-6-10(13)3-4-10/h1-2,5H,3-4,6,13H2. The van der Waals surface area contributed by atoms with E-state index >= 15 is 0 Å². The number of ether oxygens (including phenoxy) is 1. The van der Waals surface area contributed by atoms with Gasteiger partial charge in [-0.25, -0.2) is 4.39 Å². The summed E-state index contributed by atoms with van der Waals surface area (Å²) in [7, 11) is 0. The van der Waals surface area contributed by atoms with Crippen molar-refractivity contribution in [2.45, 2.75) is 18.4 Å². The molecule has 1 aromatic rings. The van der Waals surface area contributed by atoms with Crippen LogP contribution < -0.4 is 10.5 Å². The van der Waals surface area contributed by atoms with E-state index in [-0.39, 0.29) is 11.4 Å². The Labute approximate surface area is 95.8 Å². The van der Waals surface area contributed by atoms with E-state index in [0.717, 1.165) is 16.4 Å². The topological polar surface area (TPSA) is 35.2 Å². The molecule has 0 radical (unpaired) electrons. The van der Waals surface area contributed by atoms with Gasteiger partial charge in [0.2, 0.25) is 0 Å². The molecule has 1 aliphatic carbocycles. The van der Waals surface area contributed by atoms with Gasteiger partial charge in [-0.2, -0.15) is 0 Å². The molecule has 0 amide bonds. The van der Waals surface area contributed by atoms with E-state index in [2.05, 4.69) is 22.6 Å². The van der Waals surface area contributed by atoms with Crippen LogP contribution in [0.1, 0.15) is 12.8 Å². The quantitative estimate of drug-likeness (QED) is 0.870. The second-order valence-corrected chi connectivity index (χ2v) is 4.89. The minimum Gasteiger partial charge on any atom is -0.491 e. The van der Waals surface area contributed by atoms with Crippen molar-refractivity contribution in [1.29, 1.82) is 0 Å². The maximum atomic E-state index is 12.7. The first kappa shape index (κ1) is 10.2. The van der Waals surface area contributed by atoms with Crippen LogP contribution in [0.5, 0.6) is 5.75 Å². The van der Waals surface area contributed by atoms with Gasteiger partial charge >= 0.3 is 0 Å². The van der Waals surface area contributed by atoms with Crippen molar-refractivity contribution in [2.75, 3.05) is 6.61 Å². The molecule has 1 aliphatic rings. The highest BCUT2D eigenvalue weighted by atomic mass is 127. The second kappa shape index (κ2) is 3.66. The molecule has 0 spiro atoms. The Morgan fingerprint density at radius 2 is 2.21 bits per heavy atom. The third-order valence-corrected chi connectivity index (χ3v) is 3.14. The van der Waals surface area contributed by atoms with Crippen molar-refractivity contribution in [1.82, 2.24) is 0 Å². The summed E-state index contributed by atoms with van der Waals surface area (Å²) in [6.45, 7) is 0.522. The maximum Gasteiger partial charge on any atom is 0.132 e. The molecule has 14 heavy (non-hydrogen) atoms. The van der Waals surface area contributed by atoms with Crippen LogP contribution in [0.4, 0.5) is 4.39 Å².